The van der Waals surface area contributed by atoms with Gasteiger partial charge in [0.2, 0.25) is 0 Å². The van der Waals surface area contributed by atoms with E-state index in [1.54, 1.807) is 17.0 Å². The number of amides is 1. The quantitative estimate of drug-likeness (QED) is 0.515. The van der Waals surface area contributed by atoms with Gasteiger partial charge in [-0.15, -0.1) is 0 Å². The number of hydrogen-bond donors (Lipinski definition) is 0. The number of rotatable bonds is 2. The van der Waals surface area contributed by atoms with Gasteiger partial charge in [-0.3, -0.25) is 0 Å². The van der Waals surface area contributed by atoms with E-state index in [1.807, 2.05) is 45.1 Å². The van der Waals surface area contributed by atoms with Gasteiger partial charge in [-0.05, 0) is 63.3 Å². The molecule has 0 radical (unpaired) electrons. The second kappa shape index (κ2) is 8.54. The zero-order chi connectivity index (χ0) is 22.2. The van der Waals surface area contributed by atoms with Gasteiger partial charge in [0.05, 0.1) is 0 Å². The molecule has 2 aromatic carbocycles. The van der Waals surface area contributed by atoms with E-state index in [-0.39, 0.29) is 17.8 Å². The molecule has 1 saturated heterocycles. The normalized spacial score (nSPS) is 19.0. The SMILES string of the molecule is CC(C)(C)OC(=O)N1CCC(c2cccc3c2O[C@@H](c2ccc(Cl)cc2F)C=C3)CC1. The molecule has 2 aliphatic rings. The highest BCUT2D eigenvalue weighted by Gasteiger charge is 2.30. The number of benzene rings is 2. The number of piperidine rings is 1. The predicted molar refractivity (Wildman–Crippen MR) is 120 cm³/mol. The fraction of sp³-hybridized carbons (Fsp3) is 0.400. The van der Waals surface area contributed by atoms with Crippen molar-refractivity contribution in [3.63, 3.8) is 0 Å². The van der Waals surface area contributed by atoms with Crippen molar-refractivity contribution < 1.29 is 18.7 Å². The zero-order valence-corrected chi connectivity index (χ0v) is 18.8. The third-order valence-electron chi connectivity index (χ3n) is 5.63. The highest BCUT2D eigenvalue weighted by Crippen LogP contribution is 2.42. The Balaban J connectivity index is 1.50. The third-order valence-corrected chi connectivity index (χ3v) is 5.86. The molecule has 0 aliphatic carbocycles. The maximum Gasteiger partial charge on any atom is 0.410 e. The monoisotopic (exact) mass is 443 g/mol. The lowest BCUT2D eigenvalue weighted by atomic mass is 9.87. The lowest BCUT2D eigenvalue weighted by Crippen LogP contribution is -2.41. The van der Waals surface area contributed by atoms with E-state index in [0.29, 0.717) is 23.7 Å². The van der Waals surface area contributed by atoms with Crippen molar-refractivity contribution in [3.8, 4) is 5.75 Å². The molecule has 0 unspecified atom stereocenters. The van der Waals surface area contributed by atoms with Crippen LogP contribution in [0, 0.1) is 5.82 Å². The summed E-state index contributed by atoms with van der Waals surface area (Å²) in [6.45, 7) is 6.89. The molecule has 0 aromatic heterocycles. The first-order valence-corrected chi connectivity index (χ1v) is 11.0. The summed E-state index contributed by atoms with van der Waals surface area (Å²) in [7, 11) is 0. The summed E-state index contributed by atoms with van der Waals surface area (Å²) >= 11 is 5.90. The van der Waals surface area contributed by atoms with Crippen LogP contribution in [0.25, 0.3) is 6.08 Å². The molecule has 1 atom stereocenters. The van der Waals surface area contributed by atoms with Crippen molar-refractivity contribution in [3.05, 3.63) is 70.0 Å². The first kappa shape index (κ1) is 21.7. The number of para-hydroxylation sites is 1. The highest BCUT2D eigenvalue weighted by molar-refractivity contribution is 6.30. The molecule has 2 heterocycles. The Morgan fingerprint density at radius 1 is 1.16 bits per heavy atom. The van der Waals surface area contributed by atoms with Gasteiger partial charge in [0.15, 0.2) is 0 Å². The Morgan fingerprint density at radius 3 is 2.58 bits per heavy atom. The molecule has 1 amide bonds. The third kappa shape index (κ3) is 4.87. The van der Waals surface area contributed by atoms with Crippen LogP contribution < -0.4 is 4.74 Å². The lowest BCUT2D eigenvalue weighted by molar-refractivity contribution is 0.0204. The van der Waals surface area contributed by atoms with E-state index in [2.05, 4.69) is 6.07 Å². The molecule has 0 bridgehead atoms. The van der Waals surface area contributed by atoms with Crippen LogP contribution in [0.5, 0.6) is 5.75 Å². The van der Waals surface area contributed by atoms with Gasteiger partial charge in [-0.1, -0.05) is 41.9 Å². The minimum Gasteiger partial charge on any atom is -0.481 e. The van der Waals surface area contributed by atoms with Gasteiger partial charge in [0, 0.05) is 29.2 Å². The summed E-state index contributed by atoms with van der Waals surface area (Å²) in [6, 6.07) is 10.7. The van der Waals surface area contributed by atoms with Crippen molar-refractivity contribution in [2.45, 2.75) is 51.2 Å². The summed E-state index contributed by atoms with van der Waals surface area (Å²) < 4.78 is 26.2. The van der Waals surface area contributed by atoms with Gasteiger partial charge >= 0.3 is 6.09 Å². The van der Waals surface area contributed by atoms with Crippen LogP contribution in [0.2, 0.25) is 5.02 Å². The van der Waals surface area contributed by atoms with E-state index in [0.717, 1.165) is 29.7 Å². The van der Waals surface area contributed by atoms with Gasteiger partial charge in [-0.25, -0.2) is 9.18 Å². The van der Waals surface area contributed by atoms with Crippen molar-refractivity contribution in [2.24, 2.45) is 0 Å². The fourth-order valence-corrected chi connectivity index (χ4v) is 4.28. The van der Waals surface area contributed by atoms with Crippen LogP contribution in [0.1, 0.15) is 62.3 Å². The second-order valence-electron chi connectivity index (χ2n) is 9.07. The summed E-state index contributed by atoms with van der Waals surface area (Å²) in [5.74, 6) is 0.671. The molecule has 0 N–H and O–H groups in total. The molecular formula is C25H27ClFNO3. The maximum absolute atomic E-state index is 14.5. The summed E-state index contributed by atoms with van der Waals surface area (Å²) in [4.78, 5) is 14.1. The number of carbonyl (C=O) groups excluding carboxylic acids is 1. The van der Waals surface area contributed by atoms with E-state index < -0.39 is 11.7 Å². The number of halogens is 2. The van der Waals surface area contributed by atoms with Crippen LogP contribution in [0.3, 0.4) is 0 Å². The van der Waals surface area contributed by atoms with Crippen LogP contribution in [-0.2, 0) is 4.74 Å². The maximum atomic E-state index is 14.5. The Hall–Kier alpha value is -2.53. The van der Waals surface area contributed by atoms with E-state index in [9.17, 15) is 9.18 Å². The second-order valence-corrected chi connectivity index (χ2v) is 9.51. The van der Waals surface area contributed by atoms with Crippen LogP contribution in [-0.4, -0.2) is 29.7 Å². The fourth-order valence-electron chi connectivity index (χ4n) is 4.12. The lowest BCUT2D eigenvalue weighted by Gasteiger charge is -2.35. The summed E-state index contributed by atoms with van der Waals surface area (Å²) in [5, 5.41) is 0.360. The Labute approximate surface area is 187 Å². The smallest absolute Gasteiger partial charge is 0.410 e. The predicted octanol–water partition coefficient (Wildman–Crippen LogP) is 6.74. The molecule has 0 spiro atoms. The largest absolute Gasteiger partial charge is 0.481 e. The van der Waals surface area contributed by atoms with Crippen molar-refractivity contribution in [1.82, 2.24) is 4.90 Å². The topological polar surface area (TPSA) is 38.8 Å². The molecule has 4 nitrogen and oxygen atoms in total. The Bertz CT molecular complexity index is 1010. The van der Waals surface area contributed by atoms with Crippen molar-refractivity contribution in [1.29, 1.82) is 0 Å². The van der Waals surface area contributed by atoms with Crippen molar-refractivity contribution >= 4 is 23.8 Å². The van der Waals surface area contributed by atoms with E-state index >= 15 is 0 Å². The average Bonchev–Trinajstić information content (AvgIpc) is 2.72. The summed E-state index contributed by atoms with van der Waals surface area (Å²) in [6.07, 6.45) is 4.72. The molecule has 4 rings (SSSR count). The number of fused-ring (bicyclic) bond motifs is 1. The zero-order valence-electron chi connectivity index (χ0n) is 18.0. The molecule has 164 valence electrons. The first-order valence-electron chi connectivity index (χ1n) is 10.6. The van der Waals surface area contributed by atoms with Crippen LogP contribution in [0.4, 0.5) is 9.18 Å². The number of nitrogens with zero attached hydrogens (tertiary/aromatic N) is 1. The standard InChI is InChI=1S/C25H27ClFNO3/c1-25(2,3)31-24(29)28-13-11-16(12-14-28)19-6-4-5-17-7-10-22(30-23(17)19)20-9-8-18(26)15-21(20)27/h4-10,15-16,22H,11-14H2,1-3H3/t22-/m1/s1. The van der Waals surface area contributed by atoms with Crippen molar-refractivity contribution in [2.75, 3.05) is 13.1 Å². The van der Waals surface area contributed by atoms with E-state index in [4.69, 9.17) is 21.1 Å². The molecule has 31 heavy (non-hydrogen) atoms. The molecule has 1 fully saturated rings. The van der Waals surface area contributed by atoms with Gasteiger partial charge in [-0.2, -0.15) is 0 Å². The highest BCUT2D eigenvalue weighted by atomic mass is 35.5. The van der Waals surface area contributed by atoms with Crippen LogP contribution in [0.15, 0.2) is 42.5 Å². The minimum absolute atomic E-state index is 0.260. The number of carbonyl (C=O) groups is 1. The van der Waals surface area contributed by atoms with Gasteiger partial charge in [0.25, 0.3) is 0 Å². The number of ether oxygens (including phenoxy) is 2. The molecule has 0 saturated carbocycles. The minimum atomic E-state index is -0.507. The van der Waals surface area contributed by atoms with E-state index in [1.165, 1.54) is 6.07 Å². The number of hydrogen-bond acceptors (Lipinski definition) is 3. The average molecular weight is 444 g/mol. The first-order chi connectivity index (χ1) is 14.7. The van der Waals surface area contributed by atoms with Crippen LogP contribution >= 0.6 is 11.6 Å². The van der Waals surface area contributed by atoms with Gasteiger partial charge in [0.1, 0.15) is 23.3 Å². The van der Waals surface area contributed by atoms with Gasteiger partial charge < -0.3 is 14.4 Å². The molecule has 2 aliphatic heterocycles. The molecule has 2 aromatic rings. The molecular weight excluding hydrogens is 417 g/mol. The summed E-state index contributed by atoms with van der Waals surface area (Å²) in [5.41, 5.74) is 2.04. The molecule has 6 heteroatoms. The Morgan fingerprint density at radius 2 is 1.90 bits per heavy atom. The number of likely N-dealkylation sites (tertiary alicyclic amines) is 1. The Kier molecular flexibility index (Phi) is 5.98.